The van der Waals surface area contributed by atoms with Crippen LogP contribution in [0.3, 0.4) is 0 Å². The third kappa shape index (κ3) is 2.09. The number of aryl methyl sites for hydroxylation is 1. The zero-order chi connectivity index (χ0) is 14.1. The molecule has 0 saturated heterocycles. The van der Waals surface area contributed by atoms with Crippen LogP contribution in [-0.4, -0.2) is 4.98 Å². The molecule has 1 aromatic heterocycles. The molecule has 0 spiro atoms. The topological polar surface area (TPSA) is 53.8 Å². The summed E-state index contributed by atoms with van der Waals surface area (Å²) in [6.45, 7) is 2.63. The Bertz CT molecular complexity index is 762. The van der Waals surface area contributed by atoms with Crippen LogP contribution in [0, 0.1) is 12.7 Å². The van der Waals surface area contributed by atoms with E-state index in [2.05, 4.69) is 16.4 Å². The molecule has 0 aliphatic heterocycles. The highest BCUT2D eigenvalue weighted by molar-refractivity contribution is 5.85. The molecule has 0 radical (unpaired) electrons. The molecule has 102 valence electrons. The third-order valence-corrected chi connectivity index (χ3v) is 3.54. The molecule has 3 nitrogen and oxygen atoms in total. The Labute approximate surface area is 116 Å². The first-order valence-electron chi connectivity index (χ1n) is 6.51. The standard InChI is InChI=1S/C16H16FN3/c1-10-12(11-5-2-3-7-14(11)20-10)9-19-15-8-4-6-13(17)16(15)18/h2-8,19-20H,9,18H2,1H3. The van der Waals surface area contributed by atoms with Crippen molar-refractivity contribution in [2.75, 3.05) is 11.1 Å². The summed E-state index contributed by atoms with van der Waals surface area (Å²) in [4.78, 5) is 3.34. The summed E-state index contributed by atoms with van der Waals surface area (Å²) in [6, 6.07) is 12.9. The van der Waals surface area contributed by atoms with Gasteiger partial charge in [-0.15, -0.1) is 0 Å². The maximum absolute atomic E-state index is 13.4. The van der Waals surface area contributed by atoms with Gasteiger partial charge in [0.1, 0.15) is 5.82 Å². The number of hydrogen-bond acceptors (Lipinski definition) is 2. The molecule has 0 saturated carbocycles. The van der Waals surface area contributed by atoms with Crippen molar-refractivity contribution in [2.24, 2.45) is 0 Å². The van der Waals surface area contributed by atoms with Gasteiger partial charge in [-0.2, -0.15) is 0 Å². The van der Waals surface area contributed by atoms with Crippen LogP contribution in [0.4, 0.5) is 15.8 Å². The Hall–Kier alpha value is -2.49. The van der Waals surface area contributed by atoms with Gasteiger partial charge in [-0.3, -0.25) is 0 Å². The van der Waals surface area contributed by atoms with Gasteiger partial charge in [0.15, 0.2) is 0 Å². The molecule has 1 heterocycles. The van der Waals surface area contributed by atoms with E-state index in [1.165, 1.54) is 17.0 Å². The van der Waals surface area contributed by atoms with E-state index in [4.69, 9.17) is 5.73 Å². The largest absolute Gasteiger partial charge is 0.395 e. The Morgan fingerprint density at radius 1 is 1.15 bits per heavy atom. The predicted molar refractivity (Wildman–Crippen MR) is 81.2 cm³/mol. The van der Waals surface area contributed by atoms with Gasteiger partial charge in [0.2, 0.25) is 0 Å². The van der Waals surface area contributed by atoms with Crippen LogP contribution >= 0.6 is 0 Å². The molecule has 0 amide bonds. The van der Waals surface area contributed by atoms with Crippen molar-refractivity contribution in [3.63, 3.8) is 0 Å². The number of fused-ring (bicyclic) bond motifs is 1. The SMILES string of the molecule is Cc1[nH]c2ccccc2c1CNc1cccc(F)c1N. The van der Waals surface area contributed by atoms with Gasteiger partial charge >= 0.3 is 0 Å². The third-order valence-electron chi connectivity index (χ3n) is 3.54. The summed E-state index contributed by atoms with van der Waals surface area (Å²) in [5.41, 5.74) is 9.89. The van der Waals surface area contributed by atoms with E-state index in [1.54, 1.807) is 12.1 Å². The Kier molecular flexibility index (Phi) is 3.06. The Morgan fingerprint density at radius 2 is 1.95 bits per heavy atom. The van der Waals surface area contributed by atoms with Crippen LogP contribution in [0.1, 0.15) is 11.3 Å². The van der Waals surface area contributed by atoms with Gasteiger partial charge in [-0.1, -0.05) is 24.3 Å². The Balaban J connectivity index is 1.90. The molecule has 0 aliphatic rings. The highest BCUT2D eigenvalue weighted by atomic mass is 19.1. The van der Waals surface area contributed by atoms with Gasteiger partial charge in [-0.05, 0) is 30.7 Å². The minimum atomic E-state index is -0.398. The lowest BCUT2D eigenvalue weighted by atomic mass is 10.1. The van der Waals surface area contributed by atoms with Gasteiger partial charge < -0.3 is 16.0 Å². The number of anilines is 2. The second-order valence-corrected chi connectivity index (χ2v) is 4.83. The number of nitrogen functional groups attached to an aromatic ring is 1. The van der Waals surface area contributed by atoms with Crippen molar-refractivity contribution in [1.82, 2.24) is 4.98 Å². The Morgan fingerprint density at radius 3 is 2.80 bits per heavy atom. The zero-order valence-corrected chi connectivity index (χ0v) is 11.2. The lowest BCUT2D eigenvalue weighted by Crippen LogP contribution is -2.04. The van der Waals surface area contributed by atoms with Gasteiger partial charge in [0, 0.05) is 23.1 Å². The van der Waals surface area contributed by atoms with Crippen LogP contribution in [0.15, 0.2) is 42.5 Å². The monoisotopic (exact) mass is 269 g/mol. The number of aromatic nitrogens is 1. The van der Waals surface area contributed by atoms with E-state index in [0.717, 1.165) is 11.2 Å². The number of benzene rings is 2. The number of aromatic amines is 1. The predicted octanol–water partition coefficient (Wildman–Crippen LogP) is 3.81. The molecule has 0 unspecified atom stereocenters. The lowest BCUT2D eigenvalue weighted by molar-refractivity contribution is 0.633. The van der Waals surface area contributed by atoms with Crippen molar-refractivity contribution in [1.29, 1.82) is 0 Å². The van der Waals surface area contributed by atoms with Crippen molar-refractivity contribution < 1.29 is 4.39 Å². The lowest BCUT2D eigenvalue weighted by Gasteiger charge is -2.10. The molecule has 3 aromatic rings. The molecular formula is C16H16FN3. The first-order chi connectivity index (χ1) is 9.66. The van der Waals surface area contributed by atoms with Crippen LogP contribution in [0.25, 0.3) is 10.9 Å². The molecule has 4 N–H and O–H groups in total. The summed E-state index contributed by atoms with van der Waals surface area (Å²) in [7, 11) is 0. The number of nitrogens with one attached hydrogen (secondary N) is 2. The fraction of sp³-hybridized carbons (Fsp3) is 0.125. The molecule has 4 heteroatoms. The molecule has 0 atom stereocenters. The highest BCUT2D eigenvalue weighted by Gasteiger charge is 2.09. The summed E-state index contributed by atoms with van der Waals surface area (Å²) in [5.74, 6) is -0.398. The smallest absolute Gasteiger partial charge is 0.148 e. The first kappa shape index (κ1) is 12.5. The molecule has 0 aliphatic carbocycles. The van der Waals surface area contributed by atoms with Crippen LogP contribution in [0.5, 0.6) is 0 Å². The second kappa shape index (κ2) is 4.89. The normalized spacial score (nSPS) is 10.9. The summed E-state index contributed by atoms with van der Waals surface area (Å²) >= 11 is 0. The van der Waals surface area contributed by atoms with Crippen molar-refractivity contribution in [3.05, 3.63) is 59.5 Å². The summed E-state index contributed by atoms with van der Waals surface area (Å²) in [5, 5.41) is 4.38. The van der Waals surface area contributed by atoms with Crippen LogP contribution in [0.2, 0.25) is 0 Å². The van der Waals surface area contributed by atoms with Gasteiger partial charge in [-0.25, -0.2) is 4.39 Å². The number of rotatable bonds is 3. The maximum atomic E-state index is 13.4. The minimum absolute atomic E-state index is 0.157. The molecule has 2 aromatic carbocycles. The summed E-state index contributed by atoms with van der Waals surface area (Å²) < 4.78 is 13.4. The quantitative estimate of drug-likeness (QED) is 0.633. The average Bonchev–Trinajstić information content (AvgIpc) is 2.76. The highest BCUT2D eigenvalue weighted by Crippen LogP contribution is 2.25. The maximum Gasteiger partial charge on any atom is 0.148 e. The van der Waals surface area contributed by atoms with Crippen molar-refractivity contribution >= 4 is 22.3 Å². The van der Waals surface area contributed by atoms with Crippen molar-refractivity contribution in [3.8, 4) is 0 Å². The van der Waals surface area contributed by atoms with E-state index in [9.17, 15) is 4.39 Å². The number of hydrogen-bond donors (Lipinski definition) is 3. The average molecular weight is 269 g/mol. The fourth-order valence-electron chi connectivity index (χ4n) is 2.44. The molecule has 0 bridgehead atoms. The molecule has 20 heavy (non-hydrogen) atoms. The van der Waals surface area contributed by atoms with Crippen LogP contribution in [-0.2, 0) is 6.54 Å². The van der Waals surface area contributed by atoms with Crippen LogP contribution < -0.4 is 11.1 Å². The van der Waals surface area contributed by atoms with E-state index < -0.39 is 5.82 Å². The molecule has 3 rings (SSSR count). The van der Waals surface area contributed by atoms with E-state index >= 15 is 0 Å². The minimum Gasteiger partial charge on any atom is -0.395 e. The summed E-state index contributed by atoms with van der Waals surface area (Å²) in [6.07, 6.45) is 0. The van der Waals surface area contributed by atoms with Crippen molar-refractivity contribution in [2.45, 2.75) is 13.5 Å². The van der Waals surface area contributed by atoms with E-state index in [1.807, 2.05) is 25.1 Å². The zero-order valence-electron chi connectivity index (χ0n) is 11.2. The molecular weight excluding hydrogens is 253 g/mol. The van der Waals surface area contributed by atoms with E-state index in [0.29, 0.717) is 12.2 Å². The number of halogens is 1. The first-order valence-corrected chi connectivity index (χ1v) is 6.51. The second-order valence-electron chi connectivity index (χ2n) is 4.83. The van der Waals surface area contributed by atoms with Gasteiger partial charge in [0.05, 0.1) is 11.4 Å². The van der Waals surface area contributed by atoms with E-state index in [-0.39, 0.29) is 5.69 Å². The number of H-pyrrole nitrogens is 1. The number of para-hydroxylation sites is 2. The number of nitrogens with two attached hydrogens (primary N) is 1. The van der Waals surface area contributed by atoms with Gasteiger partial charge in [0.25, 0.3) is 0 Å². The molecule has 0 fully saturated rings. The fourth-order valence-corrected chi connectivity index (χ4v) is 2.44.